The molecule has 3 rings (SSSR count). The summed E-state index contributed by atoms with van der Waals surface area (Å²) < 4.78 is 1.18. The highest BCUT2D eigenvalue weighted by Crippen LogP contribution is 2.38. The van der Waals surface area contributed by atoms with Gasteiger partial charge >= 0.3 is 0 Å². The molecule has 2 heterocycles. The highest BCUT2D eigenvalue weighted by molar-refractivity contribution is 9.10. The Hall–Kier alpha value is -0.640. The molecule has 18 heavy (non-hydrogen) atoms. The minimum Gasteiger partial charge on any atom is -0.316 e. The third-order valence-corrected chi connectivity index (χ3v) is 4.92. The minimum atomic E-state index is 0.589. The first-order chi connectivity index (χ1) is 8.84. The molecular weight excluding hydrogens is 306 g/mol. The van der Waals surface area contributed by atoms with Gasteiger partial charge in [0, 0.05) is 16.9 Å². The van der Waals surface area contributed by atoms with E-state index in [2.05, 4.69) is 62.3 Å². The molecule has 2 atom stereocenters. The molecule has 0 spiro atoms. The number of halogens is 1. The number of piperidine rings is 1. The number of benzene rings is 1. The molecule has 1 fully saturated rings. The zero-order chi connectivity index (χ0) is 12.4. The molecule has 0 saturated carbocycles. The van der Waals surface area contributed by atoms with Gasteiger partial charge in [-0.25, -0.2) is 0 Å². The highest BCUT2D eigenvalue weighted by Gasteiger charge is 2.27. The van der Waals surface area contributed by atoms with Gasteiger partial charge in [-0.1, -0.05) is 28.1 Å². The minimum absolute atomic E-state index is 0.589. The summed E-state index contributed by atoms with van der Waals surface area (Å²) in [4.78, 5) is 0. The van der Waals surface area contributed by atoms with Crippen molar-refractivity contribution >= 4 is 27.3 Å². The summed E-state index contributed by atoms with van der Waals surface area (Å²) in [6.07, 6.45) is 1.23. The van der Waals surface area contributed by atoms with Crippen LogP contribution in [0.1, 0.15) is 29.4 Å². The van der Waals surface area contributed by atoms with E-state index in [1.807, 2.05) is 0 Å². The molecule has 1 aromatic heterocycles. The number of rotatable bonds is 2. The van der Waals surface area contributed by atoms with Gasteiger partial charge in [0.25, 0.3) is 0 Å². The Labute approximate surface area is 120 Å². The topological polar surface area (TPSA) is 12.0 Å². The van der Waals surface area contributed by atoms with Gasteiger partial charge in [0.2, 0.25) is 0 Å². The van der Waals surface area contributed by atoms with Crippen LogP contribution in [0.25, 0.3) is 0 Å². The Kier molecular flexibility index (Phi) is 3.83. The maximum absolute atomic E-state index is 3.58. The van der Waals surface area contributed by atoms with E-state index in [0.717, 1.165) is 13.1 Å². The van der Waals surface area contributed by atoms with Crippen LogP contribution in [0.3, 0.4) is 0 Å². The van der Waals surface area contributed by atoms with Crippen molar-refractivity contribution in [2.24, 2.45) is 0 Å². The van der Waals surface area contributed by atoms with E-state index in [0.29, 0.717) is 11.8 Å². The molecule has 0 bridgehead atoms. The fraction of sp³-hybridized carbons (Fsp3) is 0.333. The van der Waals surface area contributed by atoms with Crippen molar-refractivity contribution in [1.29, 1.82) is 0 Å². The van der Waals surface area contributed by atoms with Gasteiger partial charge in [-0.2, -0.15) is 11.3 Å². The average Bonchev–Trinajstić information content (AvgIpc) is 2.92. The van der Waals surface area contributed by atoms with Crippen molar-refractivity contribution in [3.8, 4) is 0 Å². The van der Waals surface area contributed by atoms with E-state index in [4.69, 9.17) is 0 Å². The SMILES string of the molecule is Brc1cccc(C2CNCCC2c2ccsc2)c1. The lowest BCUT2D eigenvalue weighted by Crippen LogP contribution is -2.33. The summed E-state index contributed by atoms with van der Waals surface area (Å²) in [6, 6.07) is 11.0. The fourth-order valence-corrected chi connectivity index (χ4v) is 3.97. The fourth-order valence-electron chi connectivity index (χ4n) is 2.83. The number of thiophene rings is 1. The van der Waals surface area contributed by atoms with Crippen LogP contribution in [0.4, 0.5) is 0 Å². The molecule has 0 amide bonds. The molecule has 1 aliphatic rings. The van der Waals surface area contributed by atoms with E-state index in [-0.39, 0.29) is 0 Å². The van der Waals surface area contributed by atoms with Gasteiger partial charge in [0.1, 0.15) is 0 Å². The van der Waals surface area contributed by atoms with Crippen LogP contribution in [-0.2, 0) is 0 Å². The third-order valence-electron chi connectivity index (χ3n) is 3.73. The number of nitrogens with one attached hydrogen (secondary N) is 1. The van der Waals surface area contributed by atoms with Gasteiger partial charge in [0.15, 0.2) is 0 Å². The first kappa shape index (κ1) is 12.4. The van der Waals surface area contributed by atoms with Crippen molar-refractivity contribution in [3.63, 3.8) is 0 Å². The second-order valence-electron chi connectivity index (χ2n) is 4.82. The molecule has 1 aliphatic heterocycles. The molecule has 0 radical (unpaired) electrons. The van der Waals surface area contributed by atoms with Gasteiger partial charge in [0.05, 0.1) is 0 Å². The molecule has 1 N–H and O–H groups in total. The highest BCUT2D eigenvalue weighted by atomic mass is 79.9. The van der Waals surface area contributed by atoms with Crippen LogP contribution in [-0.4, -0.2) is 13.1 Å². The normalized spacial score (nSPS) is 24.1. The zero-order valence-electron chi connectivity index (χ0n) is 10.1. The van der Waals surface area contributed by atoms with Crippen molar-refractivity contribution in [1.82, 2.24) is 5.32 Å². The number of hydrogen-bond donors (Lipinski definition) is 1. The van der Waals surface area contributed by atoms with Crippen LogP contribution in [0.15, 0.2) is 45.6 Å². The lowest BCUT2D eigenvalue weighted by molar-refractivity contribution is 0.405. The molecule has 3 heteroatoms. The lowest BCUT2D eigenvalue weighted by atomic mass is 9.78. The van der Waals surface area contributed by atoms with Gasteiger partial charge in [-0.15, -0.1) is 0 Å². The molecule has 1 aromatic carbocycles. The quantitative estimate of drug-likeness (QED) is 0.866. The van der Waals surface area contributed by atoms with E-state index < -0.39 is 0 Å². The average molecular weight is 322 g/mol. The molecule has 2 aromatic rings. The van der Waals surface area contributed by atoms with Crippen molar-refractivity contribution < 1.29 is 0 Å². The summed E-state index contributed by atoms with van der Waals surface area (Å²) in [5.74, 6) is 1.25. The Bertz CT molecular complexity index is 509. The van der Waals surface area contributed by atoms with Gasteiger partial charge < -0.3 is 5.32 Å². The Morgan fingerprint density at radius 2 is 2.11 bits per heavy atom. The first-order valence-electron chi connectivity index (χ1n) is 6.33. The van der Waals surface area contributed by atoms with Crippen LogP contribution in [0, 0.1) is 0 Å². The van der Waals surface area contributed by atoms with Gasteiger partial charge in [-0.3, -0.25) is 0 Å². The van der Waals surface area contributed by atoms with Crippen LogP contribution >= 0.6 is 27.3 Å². The van der Waals surface area contributed by atoms with Crippen LogP contribution in [0.2, 0.25) is 0 Å². The van der Waals surface area contributed by atoms with E-state index in [1.165, 1.54) is 22.0 Å². The molecule has 1 nitrogen and oxygen atoms in total. The molecule has 94 valence electrons. The smallest absolute Gasteiger partial charge is 0.0178 e. The standard InChI is InChI=1S/C15H16BrNS/c16-13-3-1-2-11(8-13)15-9-17-6-4-14(15)12-5-7-18-10-12/h1-3,5,7-8,10,14-15,17H,4,6,9H2. The largest absolute Gasteiger partial charge is 0.316 e. The zero-order valence-corrected chi connectivity index (χ0v) is 12.5. The van der Waals surface area contributed by atoms with Gasteiger partial charge in [-0.05, 0) is 59.0 Å². The second kappa shape index (κ2) is 5.55. The van der Waals surface area contributed by atoms with Crippen LogP contribution < -0.4 is 5.32 Å². The Balaban J connectivity index is 1.93. The first-order valence-corrected chi connectivity index (χ1v) is 8.06. The summed E-state index contributed by atoms with van der Waals surface area (Å²) in [5.41, 5.74) is 2.94. The summed E-state index contributed by atoms with van der Waals surface area (Å²) in [6.45, 7) is 2.21. The van der Waals surface area contributed by atoms with Crippen molar-refractivity contribution in [2.75, 3.05) is 13.1 Å². The summed E-state index contributed by atoms with van der Waals surface area (Å²) in [7, 11) is 0. The van der Waals surface area contributed by atoms with Crippen LogP contribution in [0.5, 0.6) is 0 Å². The molecule has 2 unspecified atom stereocenters. The molecular formula is C15H16BrNS. The van der Waals surface area contributed by atoms with E-state index in [1.54, 1.807) is 11.3 Å². The Morgan fingerprint density at radius 3 is 2.89 bits per heavy atom. The third kappa shape index (κ3) is 2.53. The predicted octanol–water partition coefficient (Wildman–Crippen LogP) is 4.37. The molecule has 1 saturated heterocycles. The Morgan fingerprint density at radius 1 is 1.17 bits per heavy atom. The maximum atomic E-state index is 3.58. The second-order valence-corrected chi connectivity index (χ2v) is 6.51. The van der Waals surface area contributed by atoms with Crippen molar-refractivity contribution in [3.05, 3.63) is 56.7 Å². The lowest BCUT2D eigenvalue weighted by Gasteiger charge is -2.32. The van der Waals surface area contributed by atoms with E-state index in [9.17, 15) is 0 Å². The molecule has 0 aliphatic carbocycles. The maximum Gasteiger partial charge on any atom is 0.0178 e. The predicted molar refractivity (Wildman–Crippen MR) is 81.4 cm³/mol. The monoisotopic (exact) mass is 321 g/mol. The van der Waals surface area contributed by atoms with E-state index >= 15 is 0 Å². The number of hydrogen-bond acceptors (Lipinski definition) is 2. The van der Waals surface area contributed by atoms with Crippen molar-refractivity contribution in [2.45, 2.75) is 18.3 Å². The summed E-state index contributed by atoms with van der Waals surface area (Å²) >= 11 is 5.38. The summed E-state index contributed by atoms with van der Waals surface area (Å²) in [5, 5.41) is 8.03.